The third-order valence-corrected chi connectivity index (χ3v) is 3.47. The summed E-state index contributed by atoms with van der Waals surface area (Å²) in [6.07, 6.45) is 3.30. The van der Waals surface area contributed by atoms with E-state index in [-0.39, 0.29) is 11.7 Å². The van der Waals surface area contributed by atoms with E-state index in [1.807, 2.05) is 30.3 Å². The number of likely N-dealkylation sites (N-methyl/N-ethyl adjacent to an activating group) is 1. The highest BCUT2D eigenvalue weighted by Gasteiger charge is 2.09. The number of carbonyl (C=O) groups excluding carboxylic acids is 1. The van der Waals surface area contributed by atoms with Crippen LogP contribution in [0.2, 0.25) is 0 Å². The predicted molar refractivity (Wildman–Crippen MR) is 88.0 cm³/mol. The maximum atomic E-state index is 13.2. The molecule has 4 nitrogen and oxygen atoms in total. The molecule has 1 amide bonds. The van der Waals surface area contributed by atoms with Gasteiger partial charge in [0.15, 0.2) is 0 Å². The Bertz CT molecular complexity index is 855. The Labute approximate surface area is 133 Å². The van der Waals surface area contributed by atoms with Crippen molar-refractivity contribution in [2.75, 3.05) is 7.05 Å². The van der Waals surface area contributed by atoms with Gasteiger partial charge in [-0.15, -0.1) is 0 Å². The zero-order chi connectivity index (χ0) is 16.2. The quantitative estimate of drug-likeness (QED) is 0.751. The van der Waals surface area contributed by atoms with Crippen molar-refractivity contribution in [3.8, 4) is 0 Å². The summed E-state index contributed by atoms with van der Waals surface area (Å²) in [5.41, 5.74) is 2.27. The number of aromatic nitrogens is 2. The number of fused-ring (bicyclic) bond motifs is 1. The van der Waals surface area contributed by atoms with Gasteiger partial charge in [0.05, 0.1) is 17.6 Å². The van der Waals surface area contributed by atoms with E-state index >= 15 is 0 Å². The van der Waals surface area contributed by atoms with Gasteiger partial charge in [-0.05, 0) is 29.8 Å². The van der Waals surface area contributed by atoms with Crippen LogP contribution in [-0.2, 0) is 11.3 Å². The van der Waals surface area contributed by atoms with Crippen LogP contribution in [0, 0.1) is 5.82 Å². The average molecular weight is 309 g/mol. The lowest BCUT2D eigenvalue weighted by Gasteiger charge is -2.12. The van der Waals surface area contributed by atoms with Gasteiger partial charge in [-0.25, -0.2) is 9.37 Å². The average Bonchev–Trinajstić information content (AvgIpc) is 2.94. The normalized spacial score (nSPS) is 11.2. The molecule has 0 unspecified atom stereocenters. The molecule has 0 aliphatic carbocycles. The molecular weight excluding hydrogens is 293 g/mol. The zero-order valence-electron chi connectivity index (χ0n) is 12.7. The van der Waals surface area contributed by atoms with Gasteiger partial charge in [0.25, 0.3) is 0 Å². The van der Waals surface area contributed by atoms with Gasteiger partial charge < -0.3 is 9.88 Å². The summed E-state index contributed by atoms with van der Waals surface area (Å²) in [7, 11) is 1.70. The molecule has 0 radical (unpaired) electrons. The third-order valence-electron chi connectivity index (χ3n) is 3.47. The zero-order valence-corrected chi connectivity index (χ0v) is 12.7. The molecule has 23 heavy (non-hydrogen) atoms. The number of nitrogens with one attached hydrogen (secondary N) is 1. The fourth-order valence-electron chi connectivity index (χ4n) is 2.27. The molecule has 1 N–H and O–H groups in total. The number of rotatable bonds is 4. The smallest absolute Gasteiger partial charge is 0.246 e. The van der Waals surface area contributed by atoms with Gasteiger partial charge in [0, 0.05) is 13.1 Å². The Hall–Kier alpha value is -2.95. The van der Waals surface area contributed by atoms with Crippen molar-refractivity contribution in [2.45, 2.75) is 6.54 Å². The predicted octanol–water partition coefficient (Wildman–Crippen LogP) is 3.37. The lowest BCUT2D eigenvalue weighted by Crippen LogP contribution is -2.24. The molecule has 1 aromatic heterocycles. The minimum absolute atomic E-state index is 0.125. The summed E-state index contributed by atoms with van der Waals surface area (Å²) in [5.74, 6) is 0.179. The summed E-state index contributed by atoms with van der Waals surface area (Å²) in [6, 6.07) is 14.0. The van der Waals surface area contributed by atoms with Gasteiger partial charge in [-0.1, -0.05) is 30.3 Å². The first kappa shape index (κ1) is 15.0. The van der Waals surface area contributed by atoms with Crippen molar-refractivity contribution >= 4 is 23.0 Å². The molecule has 2 aromatic carbocycles. The Morgan fingerprint density at radius 2 is 2.04 bits per heavy atom. The first-order chi connectivity index (χ1) is 11.1. The van der Waals surface area contributed by atoms with Crippen molar-refractivity contribution in [1.82, 2.24) is 14.9 Å². The number of hydrogen-bond donors (Lipinski definition) is 1. The summed E-state index contributed by atoms with van der Waals surface area (Å²) < 4.78 is 13.2. The molecule has 5 heteroatoms. The highest BCUT2D eigenvalue weighted by molar-refractivity contribution is 5.91. The van der Waals surface area contributed by atoms with E-state index in [1.54, 1.807) is 24.1 Å². The van der Waals surface area contributed by atoms with Crippen LogP contribution in [-0.4, -0.2) is 27.8 Å². The topological polar surface area (TPSA) is 49.0 Å². The third kappa shape index (κ3) is 3.63. The van der Waals surface area contributed by atoms with Crippen LogP contribution in [0.25, 0.3) is 17.1 Å². The number of hydrogen-bond acceptors (Lipinski definition) is 2. The molecule has 0 aliphatic rings. The highest BCUT2D eigenvalue weighted by Crippen LogP contribution is 2.14. The minimum Gasteiger partial charge on any atom is -0.340 e. The fourth-order valence-corrected chi connectivity index (χ4v) is 2.27. The largest absolute Gasteiger partial charge is 0.340 e. The summed E-state index contributed by atoms with van der Waals surface area (Å²) in [5, 5.41) is 0. The number of nitrogens with zero attached hydrogens (tertiary/aromatic N) is 2. The molecule has 3 rings (SSSR count). The van der Waals surface area contributed by atoms with E-state index in [9.17, 15) is 9.18 Å². The molecular formula is C18H16FN3O. The second kappa shape index (κ2) is 6.44. The van der Waals surface area contributed by atoms with Crippen molar-refractivity contribution in [1.29, 1.82) is 0 Å². The first-order valence-electron chi connectivity index (χ1n) is 7.24. The molecule has 0 spiro atoms. The second-order valence-corrected chi connectivity index (χ2v) is 5.28. The van der Waals surface area contributed by atoms with Crippen molar-refractivity contribution in [2.24, 2.45) is 0 Å². The highest BCUT2D eigenvalue weighted by atomic mass is 19.1. The molecule has 3 aromatic rings. The maximum absolute atomic E-state index is 13.2. The van der Waals surface area contributed by atoms with Crippen LogP contribution in [0.3, 0.4) is 0 Å². The molecule has 0 fully saturated rings. The van der Waals surface area contributed by atoms with Crippen LogP contribution in [0.15, 0.2) is 54.6 Å². The number of carbonyl (C=O) groups is 1. The van der Waals surface area contributed by atoms with Gasteiger partial charge in [-0.2, -0.15) is 0 Å². The van der Waals surface area contributed by atoms with E-state index in [0.717, 1.165) is 5.56 Å². The van der Waals surface area contributed by atoms with E-state index in [2.05, 4.69) is 9.97 Å². The van der Waals surface area contributed by atoms with Gasteiger partial charge in [0.1, 0.15) is 11.6 Å². The molecule has 0 bridgehead atoms. The van der Waals surface area contributed by atoms with Crippen LogP contribution in [0.4, 0.5) is 4.39 Å². The van der Waals surface area contributed by atoms with Crippen LogP contribution in [0.5, 0.6) is 0 Å². The number of amides is 1. The molecule has 0 aliphatic heterocycles. The van der Waals surface area contributed by atoms with Crippen molar-refractivity contribution in [3.63, 3.8) is 0 Å². The van der Waals surface area contributed by atoms with Crippen molar-refractivity contribution < 1.29 is 9.18 Å². The van der Waals surface area contributed by atoms with Gasteiger partial charge in [-0.3, -0.25) is 4.79 Å². The number of H-pyrrole nitrogens is 1. The Balaban J connectivity index is 1.68. The molecule has 0 saturated heterocycles. The summed E-state index contributed by atoms with van der Waals surface area (Å²) >= 11 is 0. The number of benzene rings is 2. The molecule has 1 heterocycles. The Morgan fingerprint density at radius 3 is 2.83 bits per heavy atom. The van der Waals surface area contributed by atoms with Crippen LogP contribution < -0.4 is 0 Å². The monoisotopic (exact) mass is 309 g/mol. The van der Waals surface area contributed by atoms with E-state index in [0.29, 0.717) is 23.4 Å². The maximum Gasteiger partial charge on any atom is 0.246 e. The molecule has 116 valence electrons. The minimum atomic E-state index is -0.317. The molecule has 0 saturated carbocycles. The van der Waals surface area contributed by atoms with Gasteiger partial charge in [0.2, 0.25) is 5.91 Å². The summed E-state index contributed by atoms with van der Waals surface area (Å²) in [4.78, 5) is 21.1. The fraction of sp³-hybridized carbons (Fsp3) is 0.111. The first-order valence-corrected chi connectivity index (χ1v) is 7.24. The Kier molecular flexibility index (Phi) is 4.19. The Morgan fingerprint density at radius 1 is 1.26 bits per heavy atom. The van der Waals surface area contributed by atoms with E-state index in [1.165, 1.54) is 18.2 Å². The van der Waals surface area contributed by atoms with Gasteiger partial charge >= 0.3 is 0 Å². The van der Waals surface area contributed by atoms with Crippen molar-refractivity contribution in [3.05, 3.63) is 71.8 Å². The van der Waals surface area contributed by atoms with Crippen LogP contribution >= 0.6 is 0 Å². The lowest BCUT2D eigenvalue weighted by atomic mass is 10.2. The lowest BCUT2D eigenvalue weighted by molar-refractivity contribution is -0.125. The SMILES string of the molecule is CN(Cc1nc2ccc(F)cc2[nH]1)C(=O)C=Cc1ccccc1. The van der Waals surface area contributed by atoms with Crippen LogP contribution in [0.1, 0.15) is 11.4 Å². The van der Waals surface area contributed by atoms with E-state index in [4.69, 9.17) is 0 Å². The summed E-state index contributed by atoms with van der Waals surface area (Å²) in [6.45, 7) is 0.328. The number of imidazole rings is 1. The number of halogens is 1. The number of aromatic amines is 1. The molecule has 0 atom stereocenters. The standard InChI is InChI=1S/C18H16FN3O/c1-22(18(23)10-7-13-5-3-2-4-6-13)12-17-20-15-9-8-14(19)11-16(15)21-17/h2-11H,12H2,1H3,(H,20,21). The second-order valence-electron chi connectivity index (χ2n) is 5.28. The van der Waals surface area contributed by atoms with E-state index < -0.39 is 0 Å².